The van der Waals surface area contributed by atoms with E-state index in [1.54, 1.807) is 0 Å². The van der Waals surface area contributed by atoms with Crippen LogP contribution < -0.4 is 0 Å². The van der Waals surface area contributed by atoms with Gasteiger partial charge in [0, 0.05) is 13.2 Å². The third-order valence-electron chi connectivity index (χ3n) is 3.07. The van der Waals surface area contributed by atoms with Gasteiger partial charge in [-0.1, -0.05) is 0 Å². The van der Waals surface area contributed by atoms with Gasteiger partial charge in [-0.3, -0.25) is 0 Å². The van der Waals surface area contributed by atoms with Crippen LogP contribution in [0.3, 0.4) is 0 Å². The molecule has 3 heteroatoms. The SMILES string of the molecule is CCOCC.CC[N+](CC)(CC)CC(C)O. The fraction of sp³-hybridized carbons (Fsp3) is 1.00. The second kappa shape index (κ2) is 11.4. The minimum absolute atomic E-state index is 0.171. The van der Waals surface area contributed by atoms with Gasteiger partial charge in [0.25, 0.3) is 0 Å². The fourth-order valence-corrected chi connectivity index (χ4v) is 1.82. The Labute approximate surface area is 102 Å². The lowest BCUT2D eigenvalue weighted by Gasteiger charge is -2.36. The molecule has 0 aliphatic rings. The molecular formula is C13H32NO2+. The van der Waals surface area contributed by atoms with Gasteiger partial charge in [-0.2, -0.15) is 0 Å². The summed E-state index contributed by atoms with van der Waals surface area (Å²) in [6.07, 6.45) is -0.171. The first-order chi connectivity index (χ1) is 7.51. The van der Waals surface area contributed by atoms with Crippen molar-refractivity contribution in [1.29, 1.82) is 0 Å². The lowest BCUT2D eigenvalue weighted by atomic mass is 10.2. The van der Waals surface area contributed by atoms with E-state index in [1.807, 2.05) is 20.8 Å². The summed E-state index contributed by atoms with van der Waals surface area (Å²) in [4.78, 5) is 0. The maximum absolute atomic E-state index is 9.27. The van der Waals surface area contributed by atoms with E-state index in [1.165, 1.54) is 0 Å². The van der Waals surface area contributed by atoms with Gasteiger partial charge >= 0.3 is 0 Å². The number of aliphatic hydroxyl groups excluding tert-OH is 1. The summed E-state index contributed by atoms with van der Waals surface area (Å²) in [5.74, 6) is 0. The predicted octanol–water partition coefficient (Wildman–Crippen LogP) is 2.29. The number of hydrogen-bond donors (Lipinski definition) is 1. The Hall–Kier alpha value is -0.120. The molecule has 0 amide bonds. The normalized spacial score (nSPS) is 12.9. The number of nitrogens with zero attached hydrogens (tertiary/aromatic N) is 1. The molecule has 0 aromatic heterocycles. The van der Waals surface area contributed by atoms with Gasteiger partial charge in [0.1, 0.15) is 12.6 Å². The van der Waals surface area contributed by atoms with E-state index in [2.05, 4.69) is 20.8 Å². The van der Waals surface area contributed by atoms with Crippen LogP contribution in [0, 0.1) is 0 Å². The van der Waals surface area contributed by atoms with E-state index in [0.717, 1.165) is 43.9 Å². The molecule has 3 nitrogen and oxygen atoms in total. The summed E-state index contributed by atoms with van der Waals surface area (Å²) in [6.45, 7) is 18.4. The minimum atomic E-state index is -0.171. The van der Waals surface area contributed by atoms with Crippen molar-refractivity contribution in [2.24, 2.45) is 0 Å². The Balaban J connectivity index is 0. The Bertz CT molecular complexity index is 124. The van der Waals surface area contributed by atoms with Crippen molar-refractivity contribution in [3.8, 4) is 0 Å². The molecule has 0 aliphatic carbocycles. The molecule has 0 rings (SSSR count). The quantitative estimate of drug-likeness (QED) is 0.685. The molecule has 0 aromatic carbocycles. The molecule has 1 N–H and O–H groups in total. The smallest absolute Gasteiger partial charge is 0.105 e. The van der Waals surface area contributed by atoms with Crippen molar-refractivity contribution < 1.29 is 14.3 Å². The largest absolute Gasteiger partial charge is 0.388 e. The van der Waals surface area contributed by atoms with Crippen LogP contribution in [0.4, 0.5) is 0 Å². The Morgan fingerprint density at radius 2 is 1.31 bits per heavy atom. The van der Waals surface area contributed by atoms with Gasteiger partial charge < -0.3 is 14.3 Å². The standard InChI is InChI=1S/C9H22NO.C4H10O/c1-5-10(6-2,7-3)8-9(4)11;1-3-5-4-2/h9,11H,5-8H2,1-4H3;3-4H2,1-2H3/q+1;. The average Bonchev–Trinajstić information content (AvgIpc) is 2.28. The molecule has 0 saturated carbocycles. The van der Waals surface area contributed by atoms with Crippen LogP contribution in [-0.2, 0) is 4.74 Å². The highest BCUT2D eigenvalue weighted by molar-refractivity contribution is 4.45. The summed E-state index contributed by atoms with van der Waals surface area (Å²) in [7, 11) is 0. The lowest BCUT2D eigenvalue weighted by Crippen LogP contribution is -2.51. The second-order valence-electron chi connectivity index (χ2n) is 4.10. The molecule has 100 valence electrons. The zero-order chi connectivity index (χ0) is 13.0. The van der Waals surface area contributed by atoms with Crippen LogP contribution in [0.2, 0.25) is 0 Å². The topological polar surface area (TPSA) is 29.5 Å². The van der Waals surface area contributed by atoms with E-state index in [9.17, 15) is 5.11 Å². The average molecular weight is 234 g/mol. The number of aliphatic hydroxyl groups is 1. The molecule has 1 atom stereocenters. The summed E-state index contributed by atoms with van der Waals surface area (Å²) in [5.41, 5.74) is 0. The summed E-state index contributed by atoms with van der Waals surface area (Å²) < 4.78 is 5.87. The zero-order valence-corrected chi connectivity index (χ0v) is 12.1. The first-order valence-electron chi connectivity index (χ1n) is 6.62. The third kappa shape index (κ3) is 9.13. The van der Waals surface area contributed by atoms with Crippen LogP contribution in [0.25, 0.3) is 0 Å². The maximum atomic E-state index is 9.27. The van der Waals surface area contributed by atoms with E-state index < -0.39 is 0 Å². The van der Waals surface area contributed by atoms with Crippen molar-refractivity contribution in [2.45, 2.75) is 47.6 Å². The van der Waals surface area contributed by atoms with E-state index in [-0.39, 0.29) is 6.10 Å². The van der Waals surface area contributed by atoms with Gasteiger partial charge in [-0.15, -0.1) is 0 Å². The summed E-state index contributed by atoms with van der Waals surface area (Å²) in [6, 6.07) is 0. The first kappa shape index (κ1) is 18.3. The van der Waals surface area contributed by atoms with Crippen LogP contribution in [0.1, 0.15) is 41.5 Å². The molecule has 0 spiro atoms. The number of likely N-dealkylation sites (N-methyl/N-ethyl adjacent to an activating group) is 1. The molecule has 0 aromatic rings. The fourth-order valence-electron chi connectivity index (χ4n) is 1.82. The second-order valence-corrected chi connectivity index (χ2v) is 4.10. The van der Waals surface area contributed by atoms with Gasteiger partial charge in [0.15, 0.2) is 0 Å². The van der Waals surface area contributed by atoms with Crippen molar-refractivity contribution in [3.05, 3.63) is 0 Å². The molecule has 0 aliphatic heterocycles. The molecule has 0 heterocycles. The molecule has 16 heavy (non-hydrogen) atoms. The highest BCUT2D eigenvalue weighted by Gasteiger charge is 2.22. The van der Waals surface area contributed by atoms with Crippen LogP contribution >= 0.6 is 0 Å². The number of ether oxygens (including phenoxy) is 1. The molecular weight excluding hydrogens is 202 g/mol. The van der Waals surface area contributed by atoms with Gasteiger partial charge in [0.2, 0.25) is 0 Å². The lowest BCUT2D eigenvalue weighted by molar-refractivity contribution is -0.925. The van der Waals surface area contributed by atoms with Gasteiger partial charge in [-0.05, 0) is 41.5 Å². The molecule has 0 fully saturated rings. The zero-order valence-electron chi connectivity index (χ0n) is 12.1. The number of rotatable bonds is 7. The minimum Gasteiger partial charge on any atom is -0.388 e. The van der Waals surface area contributed by atoms with E-state index in [4.69, 9.17) is 4.74 Å². The van der Waals surface area contributed by atoms with Gasteiger partial charge in [-0.25, -0.2) is 0 Å². The van der Waals surface area contributed by atoms with Crippen LogP contribution in [-0.4, -0.2) is 55.1 Å². The van der Waals surface area contributed by atoms with Crippen LogP contribution in [0.5, 0.6) is 0 Å². The van der Waals surface area contributed by atoms with Crippen molar-refractivity contribution >= 4 is 0 Å². The monoisotopic (exact) mass is 234 g/mol. The molecule has 1 unspecified atom stereocenters. The van der Waals surface area contributed by atoms with Crippen molar-refractivity contribution in [2.75, 3.05) is 39.4 Å². The summed E-state index contributed by atoms with van der Waals surface area (Å²) in [5, 5.41) is 9.27. The van der Waals surface area contributed by atoms with E-state index in [0.29, 0.717) is 0 Å². The van der Waals surface area contributed by atoms with Gasteiger partial charge in [0.05, 0.1) is 19.6 Å². The molecule has 0 saturated heterocycles. The maximum Gasteiger partial charge on any atom is 0.105 e. The number of quaternary nitrogens is 1. The van der Waals surface area contributed by atoms with Crippen molar-refractivity contribution in [1.82, 2.24) is 0 Å². The highest BCUT2D eigenvalue weighted by Crippen LogP contribution is 2.06. The predicted molar refractivity (Wildman–Crippen MR) is 70.6 cm³/mol. The van der Waals surface area contributed by atoms with Crippen LogP contribution in [0.15, 0.2) is 0 Å². The van der Waals surface area contributed by atoms with E-state index >= 15 is 0 Å². The number of hydrogen-bond acceptors (Lipinski definition) is 2. The van der Waals surface area contributed by atoms with Crippen molar-refractivity contribution in [3.63, 3.8) is 0 Å². The Morgan fingerprint density at radius 1 is 0.938 bits per heavy atom. The third-order valence-corrected chi connectivity index (χ3v) is 3.07. The highest BCUT2D eigenvalue weighted by atomic mass is 16.5. The first-order valence-corrected chi connectivity index (χ1v) is 6.62. The Morgan fingerprint density at radius 3 is 1.38 bits per heavy atom. The molecule has 0 bridgehead atoms. The molecule has 0 radical (unpaired) electrons. The summed E-state index contributed by atoms with van der Waals surface area (Å²) >= 11 is 0. The Kier molecular flexibility index (Phi) is 13.0.